The molecule has 1 aromatic heterocycles. The van der Waals surface area contributed by atoms with Crippen molar-refractivity contribution in [3.05, 3.63) is 35.7 Å². The van der Waals surface area contributed by atoms with Crippen molar-refractivity contribution in [2.45, 2.75) is 25.0 Å². The lowest BCUT2D eigenvalue weighted by Gasteiger charge is -2.11. The molecular weight excluding hydrogens is 373 g/mol. The average molecular weight is 392 g/mol. The van der Waals surface area contributed by atoms with E-state index < -0.39 is 23.7 Å². The first-order chi connectivity index (χ1) is 12.3. The number of carbonyl (C=O) groups is 2. The summed E-state index contributed by atoms with van der Waals surface area (Å²) in [7, 11) is 0. The maximum absolute atomic E-state index is 12.9. The Kier molecular flexibility index (Phi) is 8.97. The molecule has 1 aromatic rings. The molecule has 1 N–H and O–H groups in total. The number of thioether (sulfide) groups is 1. The zero-order chi connectivity index (χ0) is 19.6. The van der Waals surface area contributed by atoms with Crippen molar-refractivity contribution in [1.82, 2.24) is 10.3 Å². The fraction of sp³-hybridized carbons (Fsp3) is 0.438. The standard InChI is InChI=1S/C16H19F3N2O4S/c1-3-24-14(22)11(15(23)25-4-2)10-20-8-9-26-13-12(16(17,18)19)6-5-7-21-13/h5-7,10,20H,3-4,8-9H2,1-2H3. The first-order valence-corrected chi connectivity index (χ1v) is 8.72. The molecule has 6 nitrogen and oxygen atoms in total. The lowest BCUT2D eigenvalue weighted by molar-refractivity contribution is -0.146. The highest BCUT2D eigenvalue weighted by Gasteiger charge is 2.33. The number of alkyl halides is 3. The number of esters is 2. The van der Waals surface area contributed by atoms with Gasteiger partial charge in [-0.3, -0.25) is 0 Å². The van der Waals surface area contributed by atoms with Crippen molar-refractivity contribution in [2.24, 2.45) is 0 Å². The SMILES string of the molecule is CCOC(=O)C(=CNCCSc1ncccc1C(F)(F)F)C(=O)OCC. The predicted octanol–water partition coefficient (Wildman–Crippen LogP) is 2.79. The van der Waals surface area contributed by atoms with Gasteiger partial charge >= 0.3 is 18.1 Å². The minimum Gasteiger partial charge on any atom is -0.462 e. The number of ether oxygens (including phenoxy) is 2. The zero-order valence-corrected chi connectivity index (χ0v) is 15.1. The maximum atomic E-state index is 12.9. The normalized spacial score (nSPS) is 10.8. The van der Waals surface area contributed by atoms with Crippen LogP contribution in [0.3, 0.4) is 0 Å². The lowest BCUT2D eigenvalue weighted by atomic mass is 10.3. The molecule has 0 unspecified atom stereocenters. The number of aromatic nitrogens is 1. The second kappa shape index (κ2) is 10.7. The summed E-state index contributed by atoms with van der Waals surface area (Å²) in [6, 6.07) is 2.18. The Labute approximate surface area is 153 Å². The van der Waals surface area contributed by atoms with Crippen LogP contribution in [0.25, 0.3) is 0 Å². The molecule has 0 aliphatic heterocycles. The molecule has 0 radical (unpaired) electrons. The summed E-state index contributed by atoms with van der Waals surface area (Å²) in [5.74, 6) is -1.44. The molecule has 0 bridgehead atoms. The Bertz CT molecular complexity index is 631. The van der Waals surface area contributed by atoms with Crippen molar-refractivity contribution >= 4 is 23.7 Å². The Morgan fingerprint density at radius 3 is 2.38 bits per heavy atom. The van der Waals surface area contributed by atoms with Crippen LogP contribution in [0.1, 0.15) is 19.4 Å². The third kappa shape index (κ3) is 6.95. The van der Waals surface area contributed by atoms with Crippen molar-refractivity contribution in [1.29, 1.82) is 0 Å². The molecule has 0 saturated heterocycles. The summed E-state index contributed by atoms with van der Waals surface area (Å²) in [6.07, 6.45) is -2.06. The average Bonchev–Trinajstić information content (AvgIpc) is 2.57. The van der Waals surface area contributed by atoms with Gasteiger partial charge in [-0.2, -0.15) is 13.2 Å². The van der Waals surface area contributed by atoms with E-state index in [1.54, 1.807) is 13.8 Å². The third-order valence-corrected chi connectivity index (χ3v) is 3.81. The van der Waals surface area contributed by atoms with Crippen LogP contribution >= 0.6 is 11.8 Å². The molecule has 0 aliphatic rings. The number of hydrogen-bond donors (Lipinski definition) is 1. The molecule has 0 spiro atoms. The summed E-state index contributed by atoms with van der Waals surface area (Å²) in [5.41, 5.74) is -1.12. The third-order valence-electron chi connectivity index (χ3n) is 2.80. The molecule has 0 amide bonds. The Hall–Kier alpha value is -2.23. The van der Waals surface area contributed by atoms with E-state index >= 15 is 0 Å². The molecule has 0 aromatic carbocycles. The van der Waals surface area contributed by atoms with Gasteiger partial charge in [-0.05, 0) is 26.0 Å². The van der Waals surface area contributed by atoms with Gasteiger partial charge in [0, 0.05) is 24.7 Å². The van der Waals surface area contributed by atoms with Crippen LogP contribution in [0.2, 0.25) is 0 Å². The molecule has 1 rings (SSSR count). The maximum Gasteiger partial charge on any atom is 0.419 e. The van der Waals surface area contributed by atoms with Crippen LogP contribution in [-0.2, 0) is 25.2 Å². The molecule has 0 atom stereocenters. The highest BCUT2D eigenvalue weighted by atomic mass is 32.2. The summed E-state index contributed by atoms with van der Waals surface area (Å²) >= 11 is 0.908. The van der Waals surface area contributed by atoms with Gasteiger partial charge in [0.2, 0.25) is 0 Å². The Morgan fingerprint density at radius 1 is 1.23 bits per heavy atom. The van der Waals surface area contributed by atoms with Crippen molar-refractivity contribution < 1.29 is 32.2 Å². The van der Waals surface area contributed by atoms with Gasteiger partial charge in [-0.25, -0.2) is 14.6 Å². The van der Waals surface area contributed by atoms with Gasteiger partial charge in [-0.1, -0.05) is 0 Å². The minimum absolute atomic E-state index is 0.0886. The van der Waals surface area contributed by atoms with Crippen LogP contribution in [0, 0.1) is 0 Å². The van der Waals surface area contributed by atoms with E-state index in [1.807, 2.05) is 0 Å². The van der Waals surface area contributed by atoms with E-state index in [4.69, 9.17) is 9.47 Å². The van der Waals surface area contributed by atoms with Crippen LogP contribution < -0.4 is 5.32 Å². The van der Waals surface area contributed by atoms with Gasteiger partial charge in [-0.15, -0.1) is 11.8 Å². The van der Waals surface area contributed by atoms with Crippen LogP contribution in [0.5, 0.6) is 0 Å². The van der Waals surface area contributed by atoms with Crippen molar-refractivity contribution in [3.8, 4) is 0 Å². The van der Waals surface area contributed by atoms with Gasteiger partial charge in [0.15, 0.2) is 5.57 Å². The first kappa shape index (κ1) is 21.8. The van der Waals surface area contributed by atoms with Gasteiger partial charge in [0.25, 0.3) is 0 Å². The summed E-state index contributed by atoms with van der Waals surface area (Å²) in [5, 5.41) is 2.56. The molecule has 0 saturated carbocycles. The van der Waals surface area contributed by atoms with E-state index in [1.165, 1.54) is 12.3 Å². The highest BCUT2D eigenvalue weighted by Crippen LogP contribution is 2.34. The van der Waals surface area contributed by atoms with E-state index in [0.29, 0.717) is 0 Å². The lowest BCUT2D eigenvalue weighted by Crippen LogP contribution is -2.22. The number of rotatable bonds is 9. The fourth-order valence-electron chi connectivity index (χ4n) is 1.72. The molecule has 144 valence electrons. The van der Waals surface area contributed by atoms with Gasteiger partial charge in [0.05, 0.1) is 18.8 Å². The van der Waals surface area contributed by atoms with E-state index in [2.05, 4.69) is 10.3 Å². The van der Waals surface area contributed by atoms with E-state index in [9.17, 15) is 22.8 Å². The monoisotopic (exact) mass is 392 g/mol. The topological polar surface area (TPSA) is 77.5 Å². The number of carbonyl (C=O) groups excluding carboxylic acids is 2. The predicted molar refractivity (Wildman–Crippen MR) is 89.3 cm³/mol. The Morgan fingerprint density at radius 2 is 1.85 bits per heavy atom. The minimum atomic E-state index is -4.48. The molecular formula is C16H19F3N2O4S. The summed E-state index contributed by atoms with van der Waals surface area (Å²) in [6.45, 7) is 3.56. The number of nitrogens with zero attached hydrogens (tertiary/aromatic N) is 1. The Balaban J connectivity index is 2.64. The van der Waals surface area contributed by atoms with Crippen molar-refractivity contribution in [2.75, 3.05) is 25.5 Å². The number of halogens is 3. The molecule has 0 aliphatic carbocycles. The van der Waals surface area contributed by atoms with E-state index in [-0.39, 0.29) is 36.1 Å². The second-order valence-corrected chi connectivity index (χ2v) is 5.74. The van der Waals surface area contributed by atoms with Crippen molar-refractivity contribution in [3.63, 3.8) is 0 Å². The molecule has 26 heavy (non-hydrogen) atoms. The van der Waals surface area contributed by atoms with Crippen LogP contribution in [-0.4, -0.2) is 42.4 Å². The molecule has 10 heteroatoms. The fourth-order valence-corrected chi connectivity index (χ4v) is 2.61. The molecule has 0 fully saturated rings. The number of hydrogen-bond acceptors (Lipinski definition) is 7. The van der Waals surface area contributed by atoms with Crippen LogP contribution in [0.4, 0.5) is 13.2 Å². The van der Waals surface area contributed by atoms with Crippen LogP contribution in [0.15, 0.2) is 35.1 Å². The highest BCUT2D eigenvalue weighted by molar-refractivity contribution is 7.99. The summed E-state index contributed by atoms with van der Waals surface area (Å²) < 4.78 is 48.1. The largest absolute Gasteiger partial charge is 0.462 e. The quantitative estimate of drug-likeness (QED) is 0.173. The summed E-state index contributed by atoms with van der Waals surface area (Å²) in [4.78, 5) is 27.2. The smallest absolute Gasteiger partial charge is 0.419 e. The van der Waals surface area contributed by atoms with Gasteiger partial charge in [0.1, 0.15) is 5.03 Å². The first-order valence-electron chi connectivity index (χ1n) is 7.74. The van der Waals surface area contributed by atoms with Gasteiger partial charge < -0.3 is 14.8 Å². The second-order valence-electron chi connectivity index (χ2n) is 4.66. The number of pyridine rings is 1. The zero-order valence-electron chi connectivity index (χ0n) is 14.3. The van der Waals surface area contributed by atoms with E-state index in [0.717, 1.165) is 24.0 Å². The molecule has 1 heterocycles. The number of nitrogens with one attached hydrogen (secondary N) is 1.